The molecule has 102 valence electrons. The number of rotatable bonds is 5. The van der Waals surface area contributed by atoms with Gasteiger partial charge in [0.25, 0.3) is 0 Å². The summed E-state index contributed by atoms with van der Waals surface area (Å²) < 4.78 is 1.20. The third kappa shape index (κ3) is 3.28. The van der Waals surface area contributed by atoms with E-state index in [1.54, 1.807) is 11.3 Å². The lowest BCUT2D eigenvalue weighted by Crippen LogP contribution is -2.24. The molecule has 0 saturated heterocycles. The second-order valence-electron chi connectivity index (χ2n) is 4.85. The van der Waals surface area contributed by atoms with Gasteiger partial charge in [0.1, 0.15) is 0 Å². The lowest BCUT2D eigenvalue weighted by Gasteiger charge is -2.22. The van der Waals surface area contributed by atoms with Crippen molar-refractivity contribution in [2.45, 2.75) is 33.2 Å². The maximum Gasteiger partial charge on any atom is 0.0598 e. The lowest BCUT2D eigenvalue weighted by molar-refractivity contribution is 0.595. The van der Waals surface area contributed by atoms with E-state index in [9.17, 15) is 0 Å². The zero-order chi connectivity index (χ0) is 13.8. The first-order chi connectivity index (χ1) is 9.15. The molecule has 1 heterocycles. The van der Waals surface area contributed by atoms with Crippen molar-refractivity contribution in [1.29, 1.82) is 0 Å². The van der Waals surface area contributed by atoms with Crippen molar-refractivity contribution >= 4 is 27.3 Å². The summed E-state index contributed by atoms with van der Waals surface area (Å²) in [4.78, 5) is 0. The second kappa shape index (κ2) is 6.69. The number of thiophene rings is 1. The fourth-order valence-corrected chi connectivity index (χ4v) is 3.81. The number of hydrogen-bond acceptors (Lipinski definition) is 2. The number of hydrogen-bond donors (Lipinski definition) is 1. The van der Waals surface area contributed by atoms with E-state index < -0.39 is 0 Å². The predicted octanol–water partition coefficient (Wildman–Crippen LogP) is 5.22. The fraction of sp³-hybridized carbons (Fsp3) is 0.375. The Kier molecular flexibility index (Phi) is 5.20. The van der Waals surface area contributed by atoms with E-state index in [0.29, 0.717) is 0 Å². The molecule has 0 aliphatic carbocycles. The topological polar surface area (TPSA) is 12.0 Å². The van der Waals surface area contributed by atoms with Gasteiger partial charge in [0.05, 0.1) is 6.04 Å². The van der Waals surface area contributed by atoms with Gasteiger partial charge in [-0.25, -0.2) is 0 Å². The average Bonchev–Trinajstić information content (AvgIpc) is 2.81. The summed E-state index contributed by atoms with van der Waals surface area (Å²) in [5, 5.41) is 8.06. The number of aryl methyl sites for hydroxylation is 1. The molecular formula is C16H20BrNS. The van der Waals surface area contributed by atoms with E-state index in [1.807, 2.05) is 0 Å². The molecule has 19 heavy (non-hydrogen) atoms. The summed E-state index contributed by atoms with van der Waals surface area (Å²) >= 11 is 5.42. The van der Waals surface area contributed by atoms with Crippen LogP contribution >= 0.6 is 27.3 Å². The molecule has 0 saturated carbocycles. The molecule has 0 amide bonds. The minimum Gasteiger partial charge on any atom is -0.306 e. The molecule has 0 fully saturated rings. The quantitative estimate of drug-likeness (QED) is 0.788. The van der Waals surface area contributed by atoms with Crippen LogP contribution in [0.2, 0.25) is 0 Å². The van der Waals surface area contributed by atoms with Crippen LogP contribution in [0.5, 0.6) is 0 Å². The van der Waals surface area contributed by atoms with Crippen molar-refractivity contribution in [3.05, 3.63) is 55.7 Å². The highest BCUT2D eigenvalue weighted by molar-refractivity contribution is 9.10. The van der Waals surface area contributed by atoms with Crippen LogP contribution in [0, 0.1) is 13.8 Å². The van der Waals surface area contributed by atoms with Gasteiger partial charge in [-0.2, -0.15) is 11.3 Å². The summed E-state index contributed by atoms with van der Waals surface area (Å²) in [5.74, 6) is 0. The standard InChI is InChI=1S/C16H20BrNS/c1-4-8-18-16(14-9-19-10-15(14)17)13-7-5-6-11(2)12(13)3/h5-7,9-10,16,18H,4,8H2,1-3H3. The SMILES string of the molecule is CCCNC(c1cscc1Br)c1cccc(C)c1C. The van der Waals surface area contributed by atoms with Gasteiger partial charge in [0, 0.05) is 9.85 Å². The Morgan fingerprint density at radius 2 is 2.00 bits per heavy atom. The zero-order valence-corrected chi connectivity index (χ0v) is 14.1. The van der Waals surface area contributed by atoms with E-state index in [4.69, 9.17) is 0 Å². The molecule has 0 bridgehead atoms. The van der Waals surface area contributed by atoms with Crippen LogP contribution in [0.3, 0.4) is 0 Å². The van der Waals surface area contributed by atoms with E-state index in [0.717, 1.165) is 13.0 Å². The molecular weight excluding hydrogens is 318 g/mol. The summed E-state index contributed by atoms with van der Waals surface area (Å²) in [5.41, 5.74) is 5.46. The lowest BCUT2D eigenvalue weighted by atomic mass is 9.94. The highest BCUT2D eigenvalue weighted by Gasteiger charge is 2.19. The van der Waals surface area contributed by atoms with Crippen molar-refractivity contribution in [3.8, 4) is 0 Å². The van der Waals surface area contributed by atoms with Gasteiger partial charge in [-0.1, -0.05) is 25.1 Å². The largest absolute Gasteiger partial charge is 0.306 e. The molecule has 1 nitrogen and oxygen atoms in total. The van der Waals surface area contributed by atoms with Gasteiger partial charge in [0.2, 0.25) is 0 Å². The first-order valence-corrected chi connectivity index (χ1v) is 8.39. The molecule has 1 aromatic carbocycles. The first-order valence-electron chi connectivity index (χ1n) is 6.66. The van der Waals surface area contributed by atoms with Gasteiger partial charge in [0.15, 0.2) is 0 Å². The highest BCUT2D eigenvalue weighted by Crippen LogP contribution is 2.33. The van der Waals surface area contributed by atoms with Crippen molar-refractivity contribution in [1.82, 2.24) is 5.32 Å². The molecule has 1 atom stereocenters. The molecule has 1 N–H and O–H groups in total. The third-order valence-corrected chi connectivity index (χ3v) is 5.26. The minimum atomic E-state index is 0.278. The van der Waals surface area contributed by atoms with Gasteiger partial charge in [-0.3, -0.25) is 0 Å². The van der Waals surface area contributed by atoms with Crippen LogP contribution in [0.15, 0.2) is 33.4 Å². The van der Waals surface area contributed by atoms with Gasteiger partial charge < -0.3 is 5.32 Å². The van der Waals surface area contributed by atoms with Gasteiger partial charge >= 0.3 is 0 Å². The third-order valence-electron chi connectivity index (χ3n) is 3.51. The Morgan fingerprint density at radius 1 is 1.21 bits per heavy atom. The summed E-state index contributed by atoms with van der Waals surface area (Å²) in [6.07, 6.45) is 1.14. The Bertz CT molecular complexity index is 547. The molecule has 1 aromatic heterocycles. The molecule has 3 heteroatoms. The Balaban J connectivity index is 2.43. The average molecular weight is 338 g/mol. The molecule has 1 unspecified atom stereocenters. The Labute approximate surface area is 128 Å². The van der Waals surface area contributed by atoms with Crippen LogP contribution in [0.4, 0.5) is 0 Å². The Hall–Kier alpha value is -0.640. The molecule has 0 aliphatic rings. The smallest absolute Gasteiger partial charge is 0.0598 e. The molecule has 0 aliphatic heterocycles. The van der Waals surface area contributed by atoms with Crippen molar-refractivity contribution in [3.63, 3.8) is 0 Å². The maximum absolute atomic E-state index is 3.67. The Morgan fingerprint density at radius 3 is 2.63 bits per heavy atom. The zero-order valence-electron chi connectivity index (χ0n) is 11.7. The molecule has 2 rings (SSSR count). The number of halogens is 1. The summed E-state index contributed by atoms with van der Waals surface area (Å²) in [6.45, 7) is 7.63. The van der Waals surface area contributed by atoms with Crippen LogP contribution in [0.25, 0.3) is 0 Å². The van der Waals surface area contributed by atoms with E-state index in [1.165, 1.54) is 26.7 Å². The first kappa shape index (κ1) is 14.8. The van der Waals surface area contributed by atoms with Crippen LogP contribution < -0.4 is 5.32 Å². The van der Waals surface area contributed by atoms with Crippen LogP contribution in [-0.4, -0.2) is 6.54 Å². The van der Waals surface area contributed by atoms with E-state index >= 15 is 0 Å². The molecule has 2 aromatic rings. The molecule has 0 radical (unpaired) electrons. The normalized spacial score (nSPS) is 12.6. The minimum absolute atomic E-state index is 0.278. The van der Waals surface area contributed by atoms with Crippen molar-refractivity contribution in [2.24, 2.45) is 0 Å². The van der Waals surface area contributed by atoms with Crippen molar-refractivity contribution < 1.29 is 0 Å². The fourth-order valence-electron chi connectivity index (χ4n) is 2.26. The van der Waals surface area contributed by atoms with Crippen LogP contribution in [0.1, 0.15) is 41.6 Å². The van der Waals surface area contributed by atoms with E-state index in [2.05, 4.69) is 71.0 Å². The summed E-state index contributed by atoms with van der Waals surface area (Å²) in [7, 11) is 0. The van der Waals surface area contributed by atoms with E-state index in [-0.39, 0.29) is 6.04 Å². The highest BCUT2D eigenvalue weighted by atomic mass is 79.9. The predicted molar refractivity (Wildman–Crippen MR) is 88.1 cm³/mol. The maximum atomic E-state index is 3.67. The second-order valence-corrected chi connectivity index (χ2v) is 6.45. The number of benzene rings is 1. The van der Waals surface area contributed by atoms with Crippen molar-refractivity contribution in [2.75, 3.05) is 6.54 Å². The summed E-state index contributed by atoms with van der Waals surface area (Å²) in [6, 6.07) is 6.84. The molecule has 0 spiro atoms. The van der Waals surface area contributed by atoms with Gasteiger partial charge in [-0.15, -0.1) is 0 Å². The number of nitrogens with one attached hydrogen (secondary N) is 1. The monoisotopic (exact) mass is 337 g/mol. The van der Waals surface area contributed by atoms with Crippen LogP contribution in [-0.2, 0) is 0 Å². The van der Waals surface area contributed by atoms with Gasteiger partial charge in [-0.05, 0) is 70.4 Å².